The van der Waals surface area contributed by atoms with E-state index in [2.05, 4.69) is 13.8 Å². The number of esters is 1. The van der Waals surface area contributed by atoms with E-state index in [1.54, 1.807) is 54.6 Å². The van der Waals surface area contributed by atoms with Gasteiger partial charge in [-0.2, -0.15) is 0 Å². The van der Waals surface area contributed by atoms with Gasteiger partial charge in [0.15, 0.2) is 11.2 Å². The minimum atomic E-state index is -2.11. The minimum absolute atomic E-state index is 0.0111. The third-order valence-electron chi connectivity index (χ3n) is 10.4. The Balaban J connectivity index is 0.000000374. The minimum Gasteiger partial charge on any atom is -0.480 e. The molecule has 1 heterocycles. The highest BCUT2D eigenvalue weighted by molar-refractivity contribution is 6.17. The van der Waals surface area contributed by atoms with E-state index < -0.39 is 23.8 Å². The van der Waals surface area contributed by atoms with Gasteiger partial charge in [-0.15, -0.1) is 0 Å². The number of carbonyl (C=O) groups excluding carboxylic acids is 2. The average molecular weight is 749 g/mol. The predicted octanol–water partition coefficient (Wildman–Crippen LogP) is 12.4. The number of carboxylic acids is 2. The Morgan fingerprint density at radius 1 is 0.648 bits per heavy atom. The van der Waals surface area contributed by atoms with Gasteiger partial charge in [-0.25, -0.2) is 0 Å². The summed E-state index contributed by atoms with van der Waals surface area (Å²) in [6, 6.07) is 15.3. The van der Waals surface area contributed by atoms with Crippen molar-refractivity contribution in [1.29, 1.82) is 0 Å². The van der Waals surface area contributed by atoms with Gasteiger partial charge in [-0.05, 0) is 32.8 Å². The molecule has 0 aliphatic rings. The molecule has 1 aromatic heterocycles. The first kappa shape index (κ1) is 46.2. The topological polar surface area (TPSA) is 131 Å². The Kier molecular flexibility index (Phi) is 22.9. The van der Waals surface area contributed by atoms with Crippen molar-refractivity contribution in [2.45, 2.75) is 163 Å². The number of para-hydroxylation sites is 1. The SMILES string of the molecule is CC(Cc1oc2ccccc2c1C(=O)c1ccccc1)(C(=O)O)C(=O)O.CCCCCCCCCCCCCCCCCCCCC(CC)C(=O)OCC. The van der Waals surface area contributed by atoms with E-state index in [-0.39, 0.29) is 29.0 Å². The van der Waals surface area contributed by atoms with Gasteiger partial charge in [0.25, 0.3) is 0 Å². The zero-order valence-corrected chi connectivity index (χ0v) is 33.7. The van der Waals surface area contributed by atoms with E-state index in [0.29, 0.717) is 23.1 Å². The monoisotopic (exact) mass is 748 g/mol. The second kappa shape index (κ2) is 26.8. The van der Waals surface area contributed by atoms with Crippen LogP contribution in [0.2, 0.25) is 0 Å². The number of fused-ring (bicyclic) bond motifs is 1. The predicted molar refractivity (Wildman–Crippen MR) is 217 cm³/mol. The van der Waals surface area contributed by atoms with Crippen LogP contribution >= 0.6 is 0 Å². The van der Waals surface area contributed by atoms with Crippen LogP contribution in [0.5, 0.6) is 0 Å². The molecule has 0 saturated carbocycles. The number of rotatable bonds is 28. The number of benzene rings is 2. The van der Waals surface area contributed by atoms with Crippen molar-refractivity contribution >= 4 is 34.7 Å². The van der Waals surface area contributed by atoms with Gasteiger partial charge in [0.1, 0.15) is 11.3 Å². The fraction of sp³-hybridized carbons (Fsp3) is 0.609. The Morgan fingerprint density at radius 2 is 1.11 bits per heavy atom. The highest BCUT2D eigenvalue weighted by Gasteiger charge is 2.44. The largest absolute Gasteiger partial charge is 0.480 e. The van der Waals surface area contributed by atoms with E-state index in [9.17, 15) is 29.4 Å². The molecule has 0 saturated heterocycles. The summed E-state index contributed by atoms with van der Waals surface area (Å²) in [5.41, 5.74) is -1.10. The van der Waals surface area contributed by atoms with Crippen molar-refractivity contribution in [3.63, 3.8) is 0 Å². The Hall–Kier alpha value is -3.94. The highest BCUT2D eigenvalue weighted by atomic mass is 16.5. The van der Waals surface area contributed by atoms with Crippen LogP contribution in [-0.4, -0.2) is 40.5 Å². The number of hydrogen-bond acceptors (Lipinski definition) is 6. The van der Waals surface area contributed by atoms with E-state index in [1.807, 2.05) is 6.92 Å². The Labute approximate surface area is 324 Å². The average Bonchev–Trinajstić information content (AvgIpc) is 3.53. The van der Waals surface area contributed by atoms with E-state index in [1.165, 1.54) is 116 Å². The molecular weight excluding hydrogens is 680 g/mol. The van der Waals surface area contributed by atoms with Gasteiger partial charge in [0.2, 0.25) is 0 Å². The molecule has 8 heteroatoms. The second-order valence-electron chi connectivity index (χ2n) is 14.9. The Morgan fingerprint density at radius 3 is 1.57 bits per heavy atom. The molecule has 3 rings (SSSR count). The number of carboxylic acid groups (broad SMARTS) is 2. The summed E-state index contributed by atoms with van der Waals surface area (Å²) in [7, 11) is 0. The van der Waals surface area contributed by atoms with Gasteiger partial charge < -0.3 is 19.4 Å². The molecule has 8 nitrogen and oxygen atoms in total. The molecule has 2 N–H and O–H groups in total. The molecule has 3 aromatic rings. The Bertz CT molecular complexity index is 1490. The smallest absolute Gasteiger partial charge is 0.321 e. The fourth-order valence-corrected chi connectivity index (χ4v) is 6.81. The normalized spacial score (nSPS) is 11.9. The van der Waals surface area contributed by atoms with Crippen LogP contribution in [0.4, 0.5) is 0 Å². The molecule has 0 radical (unpaired) electrons. The molecule has 1 unspecified atom stereocenters. The van der Waals surface area contributed by atoms with Gasteiger partial charge in [0, 0.05) is 17.4 Å². The molecule has 0 bridgehead atoms. The van der Waals surface area contributed by atoms with Crippen molar-refractivity contribution < 1.29 is 38.5 Å². The summed E-state index contributed by atoms with van der Waals surface area (Å²) in [6.45, 7) is 7.88. The molecule has 1 atom stereocenters. The van der Waals surface area contributed by atoms with Crippen molar-refractivity contribution in [3.8, 4) is 0 Å². The van der Waals surface area contributed by atoms with Crippen LogP contribution < -0.4 is 0 Å². The van der Waals surface area contributed by atoms with Crippen molar-refractivity contribution in [2.24, 2.45) is 11.3 Å². The summed E-state index contributed by atoms with van der Waals surface area (Å²) in [4.78, 5) is 47.8. The van der Waals surface area contributed by atoms with Crippen molar-refractivity contribution in [2.75, 3.05) is 6.61 Å². The summed E-state index contributed by atoms with van der Waals surface area (Å²) < 4.78 is 10.8. The number of ketones is 1. The molecule has 0 amide bonds. The lowest BCUT2D eigenvalue weighted by atomic mass is 9.84. The van der Waals surface area contributed by atoms with Crippen LogP contribution in [-0.2, 0) is 25.5 Å². The lowest BCUT2D eigenvalue weighted by Gasteiger charge is -2.18. The van der Waals surface area contributed by atoms with E-state index in [4.69, 9.17) is 9.15 Å². The number of furan rings is 1. The molecular formula is C46H68O8. The van der Waals surface area contributed by atoms with Crippen LogP contribution in [0.1, 0.15) is 178 Å². The quantitative estimate of drug-likeness (QED) is 0.0325. The van der Waals surface area contributed by atoms with Gasteiger partial charge in [-0.1, -0.05) is 178 Å². The van der Waals surface area contributed by atoms with Crippen LogP contribution in [0.15, 0.2) is 59.0 Å². The number of ether oxygens (including phenoxy) is 1. The first-order chi connectivity index (χ1) is 26.1. The maximum absolute atomic E-state index is 13.0. The molecule has 2 aromatic carbocycles. The molecule has 300 valence electrons. The third kappa shape index (κ3) is 16.2. The molecule has 54 heavy (non-hydrogen) atoms. The standard InChI is InChI=1S/C26H52O2.C20H16O6/c1-4-7-8-9-10-11-12-13-14-15-16-17-18-19-20-21-22-23-24-25(5-2)26(27)28-6-3;1-20(18(22)23,19(24)25)11-15-16(13-9-5-6-10-14(13)26-15)17(21)12-7-3-2-4-8-12/h25H,4-24H2,1-3H3;2-10H,11H2,1H3,(H,22,23)(H,24,25). The maximum atomic E-state index is 13.0. The zero-order chi connectivity index (χ0) is 39.6. The summed E-state index contributed by atoms with van der Waals surface area (Å²) in [6.07, 6.45) is 26.7. The summed E-state index contributed by atoms with van der Waals surface area (Å²) >= 11 is 0. The first-order valence-corrected chi connectivity index (χ1v) is 20.8. The lowest BCUT2D eigenvalue weighted by Crippen LogP contribution is -2.38. The molecule has 0 spiro atoms. The number of aliphatic carboxylic acids is 2. The summed E-state index contributed by atoms with van der Waals surface area (Å²) in [5.74, 6) is -3.15. The van der Waals surface area contributed by atoms with Gasteiger partial charge in [0.05, 0.1) is 18.1 Å². The second-order valence-corrected chi connectivity index (χ2v) is 14.9. The molecule has 0 fully saturated rings. The number of carbonyl (C=O) groups is 4. The fourth-order valence-electron chi connectivity index (χ4n) is 6.81. The zero-order valence-electron chi connectivity index (χ0n) is 33.7. The number of hydrogen-bond donors (Lipinski definition) is 2. The lowest BCUT2D eigenvalue weighted by molar-refractivity contribution is -0.163. The third-order valence-corrected chi connectivity index (χ3v) is 10.4. The van der Waals surface area contributed by atoms with Crippen LogP contribution in [0.25, 0.3) is 11.0 Å². The molecule has 0 aliphatic carbocycles. The first-order valence-electron chi connectivity index (χ1n) is 20.8. The number of unbranched alkanes of at least 4 members (excludes halogenated alkanes) is 17. The van der Waals surface area contributed by atoms with Crippen molar-refractivity contribution in [1.82, 2.24) is 0 Å². The molecule has 0 aliphatic heterocycles. The van der Waals surface area contributed by atoms with Gasteiger partial charge in [-0.3, -0.25) is 19.2 Å². The van der Waals surface area contributed by atoms with Crippen LogP contribution in [0.3, 0.4) is 0 Å². The van der Waals surface area contributed by atoms with Gasteiger partial charge >= 0.3 is 17.9 Å². The highest BCUT2D eigenvalue weighted by Crippen LogP contribution is 2.33. The van der Waals surface area contributed by atoms with E-state index in [0.717, 1.165) is 19.8 Å². The van der Waals surface area contributed by atoms with E-state index >= 15 is 0 Å². The maximum Gasteiger partial charge on any atom is 0.321 e. The summed E-state index contributed by atoms with van der Waals surface area (Å²) in [5, 5.41) is 19.3. The van der Waals surface area contributed by atoms with Crippen molar-refractivity contribution in [3.05, 3.63) is 71.5 Å². The van der Waals surface area contributed by atoms with Crippen LogP contribution in [0, 0.1) is 11.3 Å².